The van der Waals surface area contributed by atoms with E-state index in [1.54, 1.807) is 12.1 Å². The molecular formula is C16H12F3N3O2S. The normalized spacial score (nSPS) is 16.0. The van der Waals surface area contributed by atoms with Gasteiger partial charge in [0.15, 0.2) is 17.5 Å². The van der Waals surface area contributed by atoms with Crippen LogP contribution in [0.2, 0.25) is 0 Å². The Balaban J connectivity index is 1.60. The van der Waals surface area contributed by atoms with Crippen molar-refractivity contribution in [2.75, 3.05) is 10.7 Å². The number of carbonyl (C=O) groups is 2. The molecular weight excluding hydrogens is 355 g/mol. The summed E-state index contributed by atoms with van der Waals surface area (Å²) in [6.45, 7) is 0. The fourth-order valence-electron chi connectivity index (χ4n) is 2.21. The van der Waals surface area contributed by atoms with Gasteiger partial charge in [0.05, 0.1) is 16.6 Å². The third-order valence-corrected chi connectivity index (χ3v) is 4.72. The molecule has 2 amide bonds. The van der Waals surface area contributed by atoms with Crippen LogP contribution in [0.25, 0.3) is 0 Å². The van der Waals surface area contributed by atoms with E-state index < -0.39 is 34.3 Å². The fraction of sp³-hybridized carbons (Fsp3) is 0.125. The molecule has 1 heterocycles. The van der Waals surface area contributed by atoms with E-state index in [-0.39, 0.29) is 12.3 Å². The van der Waals surface area contributed by atoms with Crippen molar-refractivity contribution in [3.63, 3.8) is 0 Å². The number of halogens is 3. The number of benzene rings is 2. The van der Waals surface area contributed by atoms with Crippen molar-refractivity contribution >= 4 is 35.0 Å². The first-order valence-electron chi connectivity index (χ1n) is 7.20. The molecule has 1 aliphatic heterocycles. The number of amides is 2. The molecule has 0 fully saturated rings. The Kier molecular flexibility index (Phi) is 4.84. The van der Waals surface area contributed by atoms with Crippen LogP contribution in [-0.4, -0.2) is 17.1 Å². The Bertz CT molecular complexity index is 847. The van der Waals surface area contributed by atoms with Gasteiger partial charge in [0.1, 0.15) is 0 Å². The maximum absolute atomic E-state index is 13.5. The van der Waals surface area contributed by atoms with Crippen molar-refractivity contribution in [1.29, 1.82) is 0 Å². The minimum atomic E-state index is -1.64. The minimum Gasteiger partial charge on any atom is -0.324 e. The average Bonchev–Trinajstić information content (AvgIpc) is 2.60. The Morgan fingerprint density at radius 2 is 1.88 bits per heavy atom. The maximum atomic E-state index is 13.5. The number of hydrogen-bond acceptors (Lipinski definition) is 4. The monoisotopic (exact) mass is 367 g/mol. The van der Waals surface area contributed by atoms with Crippen molar-refractivity contribution in [3.8, 4) is 0 Å². The molecule has 3 N–H and O–H groups in total. The predicted octanol–water partition coefficient (Wildman–Crippen LogP) is 3.05. The molecule has 5 nitrogen and oxygen atoms in total. The lowest BCUT2D eigenvalue weighted by Crippen LogP contribution is -2.37. The number of para-hydroxylation sites is 1. The summed E-state index contributed by atoms with van der Waals surface area (Å²) in [7, 11) is 0. The second-order valence-corrected chi connectivity index (χ2v) is 6.44. The summed E-state index contributed by atoms with van der Waals surface area (Å²) in [5, 5.41) is 2.04. The molecule has 1 unspecified atom stereocenters. The number of hydrazine groups is 1. The summed E-state index contributed by atoms with van der Waals surface area (Å²) in [4.78, 5) is 24.8. The van der Waals surface area contributed by atoms with Crippen LogP contribution in [0.4, 0.5) is 24.5 Å². The van der Waals surface area contributed by atoms with Crippen LogP contribution in [0, 0.1) is 17.5 Å². The molecule has 0 saturated carbocycles. The van der Waals surface area contributed by atoms with Gasteiger partial charge in [-0.05, 0) is 24.3 Å². The summed E-state index contributed by atoms with van der Waals surface area (Å²) in [6.07, 6.45) is -0.177. The Labute approximate surface area is 145 Å². The second kappa shape index (κ2) is 7.06. The zero-order chi connectivity index (χ0) is 18.0. The molecule has 1 aliphatic rings. The van der Waals surface area contributed by atoms with Gasteiger partial charge >= 0.3 is 0 Å². The van der Waals surface area contributed by atoms with Crippen molar-refractivity contribution < 1.29 is 22.8 Å². The van der Waals surface area contributed by atoms with Crippen molar-refractivity contribution in [2.45, 2.75) is 16.6 Å². The van der Waals surface area contributed by atoms with E-state index in [0.29, 0.717) is 5.69 Å². The Morgan fingerprint density at radius 1 is 1.12 bits per heavy atom. The molecule has 0 aliphatic carbocycles. The lowest BCUT2D eigenvalue weighted by Gasteiger charge is -2.23. The highest BCUT2D eigenvalue weighted by Gasteiger charge is 2.28. The number of fused-ring (bicyclic) bond motifs is 1. The molecule has 0 spiro atoms. The van der Waals surface area contributed by atoms with Crippen LogP contribution >= 0.6 is 11.8 Å². The van der Waals surface area contributed by atoms with Gasteiger partial charge in [-0.2, -0.15) is 0 Å². The lowest BCUT2D eigenvalue weighted by atomic mass is 10.2. The van der Waals surface area contributed by atoms with Gasteiger partial charge in [-0.25, -0.2) is 13.2 Å². The van der Waals surface area contributed by atoms with E-state index in [1.165, 1.54) is 11.8 Å². The topological polar surface area (TPSA) is 70.2 Å². The SMILES string of the molecule is O=C(CC1Sc2ccccc2NC1=O)NNc1ccc(F)c(F)c1F. The first kappa shape index (κ1) is 17.2. The molecule has 0 aromatic heterocycles. The van der Waals surface area contributed by atoms with Crippen LogP contribution in [0.3, 0.4) is 0 Å². The molecule has 25 heavy (non-hydrogen) atoms. The molecule has 130 valence electrons. The predicted molar refractivity (Wildman–Crippen MR) is 87.4 cm³/mol. The summed E-state index contributed by atoms with van der Waals surface area (Å²) in [5.41, 5.74) is 4.61. The van der Waals surface area contributed by atoms with Crippen LogP contribution in [0.15, 0.2) is 41.3 Å². The Morgan fingerprint density at radius 3 is 2.68 bits per heavy atom. The number of hydrogen-bond donors (Lipinski definition) is 3. The van der Waals surface area contributed by atoms with E-state index in [1.807, 2.05) is 12.1 Å². The van der Waals surface area contributed by atoms with E-state index in [2.05, 4.69) is 16.2 Å². The third-order valence-electron chi connectivity index (χ3n) is 3.45. The summed E-state index contributed by atoms with van der Waals surface area (Å²) in [5.74, 6) is -5.34. The molecule has 2 aromatic rings. The van der Waals surface area contributed by atoms with Gasteiger partial charge in [0, 0.05) is 11.3 Å². The number of thioether (sulfide) groups is 1. The quantitative estimate of drug-likeness (QED) is 0.574. The largest absolute Gasteiger partial charge is 0.324 e. The highest BCUT2D eigenvalue weighted by Crippen LogP contribution is 2.36. The second-order valence-electron chi connectivity index (χ2n) is 5.19. The van der Waals surface area contributed by atoms with Gasteiger partial charge < -0.3 is 5.32 Å². The number of rotatable bonds is 4. The van der Waals surface area contributed by atoms with Crippen molar-refractivity contribution in [2.24, 2.45) is 0 Å². The van der Waals surface area contributed by atoms with Crippen LogP contribution in [0.1, 0.15) is 6.42 Å². The zero-order valence-corrected chi connectivity index (χ0v) is 13.4. The first-order chi connectivity index (χ1) is 12.0. The Hall–Kier alpha value is -2.68. The van der Waals surface area contributed by atoms with Gasteiger partial charge in [-0.3, -0.25) is 20.4 Å². The van der Waals surface area contributed by atoms with Gasteiger partial charge in [-0.15, -0.1) is 11.8 Å². The van der Waals surface area contributed by atoms with Gasteiger partial charge in [0.2, 0.25) is 11.8 Å². The molecule has 0 saturated heterocycles. The van der Waals surface area contributed by atoms with E-state index in [0.717, 1.165) is 17.0 Å². The van der Waals surface area contributed by atoms with Crippen molar-refractivity contribution in [1.82, 2.24) is 5.43 Å². The van der Waals surface area contributed by atoms with Crippen LogP contribution in [-0.2, 0) is 9.59 Å². The molecule has 0 bridgehead atoms. The molecule has 0 radical (unpaired) electrons. The van der Waals surface area contributed by atoms with E-state index in [4.69, 9.17) is 0 Å². The summed E-state index contributed by atoms with van der Waals surface area (Å²) >= 11 is 1.24. The number of anilines is 2. The first-order valence-corrected chi connectivity index (χ1v) is 8.08. The van der Waals surface area contributed by atoms with Crippen molar-refractivity contribution in [3.05, 3.63) is 53.8 Å². The van der Waals surface area contributed by atoms with Gasteiger partial charge in [-0.1, -0.05) is 12.1 Å². The van der Waals surface area contributed by atoms with Crippen LogP contribution in [0.5, 0.6) is 0 Å². The van der Waals surface area contributed by atoms with E-state index >= 15 is 0 Å². The maximum Gasteiger partial charge on any atom is 0.239 e. The van der Waals surface area contributed by atoms with Gasteiger partial charge in [0.25, 0.3) is 0 Å². The minimum absolute atomic E-state index is 0.177. The molecule has 2 aromatic carbocycles. The molecule has 9 heteroatoms. The smallest absolute Gasteiger partial charge is 0.239 e. The summed E-state index contributed by atoms with van der Waals surface area (Å²) < 4.78 is 39.5. The molecule has 3 rings (SSSR count). The zero-order valence-electron chi connectivity index (χ0n) is 12.6. The average molecular weight is 367 g/mol. The fourth-order valence-corrected chi connectivity index (χ4v) is 3.32. The van der Waals surface area contributed by atoms with Crippen LogP contribution < -0.4 is 16.2 Å². The lowest BCUT2D eigenvalue weighted by molar-refractivity contribution is -0.123. The molecule has 1 atom stereocenters. The number of carbonyl (C=O) groups excluding carboxylic acids is 2. The highest BCUT2D eigenvalue weighted by molar-refractivity contribution is 8.01. The standard InChI is InChI=1S/C16H12F3N3O2S/c17-8-5-6-10(15(19)14(8)18)21-22-13(23)7-12-16(24)20-9-3-1-2-4-11(9)25-12/h1-6,12,21H,7H2,(H,20,24)(H,22,23). The third kappa shape index (κ3) is 3.71. The van der Waals surface area contributed by atoms with E-state index in [9.17, 15) is 22.8 Å². The summed E-state index contributed by atoms with van der Waals surface area (Å²) in [6, 6.07) is 8.85. The highest BCUT2D eigenvalue weighted by atomic mass is 32.2. The number of nitrogens with one attached hydrogen (secondary N) is 3.